The number of hydrogen-bond donors (Lipinski definition) is 0. The van der Waals surface area contributed by atoms with Gasteiger partial charge in [-0.3, -0.25) is 0 Å². The number of benzene rings is 2. The van der Waals surface area contributed by atoms with Gasteiger partial charge in [0.25, 0.3) is 0 Å². The summed E-state index contributed by atoms with van der Waals surface area (Å²) >= 11 is 19.0. The van der Waals surface area contributed by atoms with Crippen LogP contribution in [0.3, 0.4) is 0 Å². The summed E-state index contributed by atoms with van der Waals surface area (Å²) in [5.74, 6) is 2.02. The molecule has 0 bridgehead atoms. The molecule has 18 heavy (non-hydrogen) atoms. The third kappa shape index (κ3) is 1.92. The summed E-state index contributed by atoms with van der Waals surface area (Å²) in [6.07, 6.45) is 0. The van der Waals surface area contributed by atoms with Gasteiger partial charge in [0, 0.05) is 4.47 Å². The number of ether oxygens (including phenoxy) is 2. The van der Waals surface area contributed by atoms with Crippen molar-refractivity contribution in [3.05, 3.63) is 43.3 Å². The van der Waals surface area contributed by atoms with Gasteiger partial charge in [0.05, 0.1) is 9.50 Å². The molecule has 1 aliphatic rings. The van der Waals surface area contributed by atoms with Crippen LogP contribution in [0.4, 0.5) is 0 Å². The fourth-order valence-corrected chi connectivity index (χ4v) is 2.69. The highest BCUT2D eigenvalue weighted by molar-refractivity contribution is 9.10. The number of hydrogen-bond acceptors (Lipinski definition) is 2. The van der Waals surface area contributed by atoms with Gasteiger partial charge in [-0.15, -0.1) is 0 Å². The fraction of sp³-hybridized carbons (Fsp3) is 0. The summed E-state index contributed by atoms with van der Waals surface area (Å²) in [4.78, 5) is 0. The lowest BCUT2D eigenvalue weighted by Crippen LogP contribution is -2.01. The quantitative estimate of drug-likeness (QED) is 0.426. The minimum Gasteiger partial charge on any atom is -0.448 e. The molecule has 2 nitrogen and oxygen atoms in total. The highest BCUT2D eigenvalue weighted by atomic mass is 79.9. The molecule has 0 saturated carbocycles. The first-order chi connectivity index (χ1) is 8.58. The molecule has 0 aromatic heterocycles. The van der Waals surface area contributed by atoms with Crippen molar-refractivity contribution < 1.29 is 9.47 Å². The normalized spacial score (nSPS) is 12.2. The lowest BCUT2D eigenvalue weighted by atomic mass is 10.2. The van der Waals surface area contributed by atoms with Gasteiger partial charge in [-0.1, -0.05) is 23.2 Å². The average molecular weight is 411 g/mol. The molecule has 0 fully saturated rings. The molecule has 0 radical (unpaired) electrons. The first-order valence-corrected chi connectivity index (χ1v) is 7.24. The molecule has 2 aromatic rings. The van der Waals surface area contributed by atoms with Gasteiger partial charge in [0.1, 0.15) is 5.02 Å². The molecule has 6 heteroatoms. The standard InChI is InChI=1S/C12H4Br2Cl2O2/c13-5-2-4-8-12(9(5)16)18-11-7(15)3-1-6(14)10(11)17-8/h1-4H. The second-order valence-electron chi connectivity index (χ2n) is 3.58. The van der Waals surface area contributed by atoms with Crippen molar-refractivity contribution in [2.75, 3.05) is 0 Å². The lowest BCUT2D eigenvalue weighted by Gasteiger charge is -2.23. The van der Waals surface area contributed by atoms with E-state index in [0.717, 1.165) is 8.95 Å². The van der Waals surface area contributed by atoms with E-state index in [-0.39, 0.29) is 0 Å². The van der Waals surface area contributed by atoms with Crippen molar-refractivity contribution in [3.8, 4) is 23.0 Å². The van der Waals surface area contributed by atoms with E-state index < -0.39 is 0 Å². The number of fused-ring (bicyclic) bond motifs is 2. The molecule has 0 spiro atoms. The van der Waals surface area contributed by atoms with Crippen LogP contribution in [0.5, 0.6) is 23.0 Å². The Kier molecular flexibility index (Phi) is 3.22. The number of halogens is 4. The van der Waals surface area contributed by atoms with Gasteiger partial charge in [0.2, 0.25) is 0 Å². The molecule has 0 unspecified atom stereocenters. The molecule has 0 amide bonds. The topological polar surface area (TPSA) is 18.5 Å². The third-order valence-electron chi connectivity index (χ3n) is 2.45. The maximum atomic E-state index is 6.16. The molecule has 1 heterocycles. The van der Waals surface area contributed by atoms with E-state index in [1.807, 2.05) is 0 Å². The minimum absolute atomic E-state index is 0.453. The van der Waals surface area contributed by atoms with Crippen LogP contribution in [0, 0.1) is 0 Å². The predicted octanol–water partition coefficient (Wildman–Crippen LogP) is 6.42. The second-order valence-corrected chi connectivity index (χ2v) is 6.07. The smallest absolute Gasteiger partial charge is 0.189 e. The van der Waals surface area contributed by atoms with E-state index >= 15 is 0 Å². The zero-order valence-corrected chi connectivity index (χ0v) is 13.3. The maximum absolute atomic E-state index is 6.16. The summed E-state index contributed by atoms with van der Waals surface area (Å²) in [5, 5.41) is 0.920. The van der Waals surface area contributed by atoms with Crippen LogP contribution in [0.15, 0.2) is 33.2 Å². The van der Waals surface area contributed by atoms with Crippen molar-refractivity contribution in [2.24, 2.45) is 0 Å². The van der Waals surface area contributed by atoms with Crippen LogP contribution in [0.2, 0.25) is 10.0 Å². The summed E-state index contributed by atoms with van der Waals surface area (Å²) in [6, 6.07) is 7.11. The van der Waals surface area contributed by atoms with E-state index in [2.05, 4.69) is 31.9 Å². The van der Waals surface area contributed by atoms with Crippen molar-refractivity contribution in [1.82, 2.24) is 0 Å². The summed E-state index contributed by atoms with van der Waals surface area (Å²) < 4.78 is 13.0. The van der Waals surface area contributed by atoms with Crippen LogP contribution in [-0.2, 0) is 0 Å². The molecule has 0 aliphatic carbocycles. The molecular weight excluding hydrogens is 407 g/mol. The van der Waals surface area contributed by atoms with E-state index in [9.17, 15) is 0 Å². The van der Waals surface area contributed by atoms with Crippen LogP contribution in [-0.4, -0.2) is 0 Å². The van der Waals surface area contributed by atoms with Crippen LogP contribution >= 0.6 is 55.1 Å². The van der Waals surface area contributed by atoms with Crippen LogP contribution in [0.25, 0.3) is 0 Å². The van der Waals surface area contributed by atoms with Crippen molar-refractivity contribution >= 4 is 55.1 Å². The zero-order valence-electron chi connectivity index (χ0n) is 8.64. The monoisotopic (exact) mass is 408 g/mol. The Morgan fingerprint density at radius 3 is 2.28 bits per heavy atom. The minimum atomic E-state index is 0.453. The Hall–Kier alpha value is -0.420. The molecule has 2 aromatic carbocycles. The first-order valence-electron chi connectivity index (χ1n) is 4.89. The van der Waals surface area contributed by atoms with E-state index in [0.29, 0.717) is 33.0 Å². The van der Waals surface area contributed by atoms with Crippen LogP contribution < -0.4 is 9.47 Å². The summed E-state index contributed by atoms with van der Waals surface area (Å²) in [6.45, 7) is 0. The van der Waals surface area contributed by atoms with E-state index in [1.165, 1.54) is 0 Å². The van der Waals surface area contributed by atoms with Gasteiger partial charge in [0.15, 0.2) is 23.0 Å². The predicted molar refractivity (Wildman–Crippen MR) is 78.5 cm³/mol. The average Bonchev–Trinajstić information content (AvgIpc) is 2.37. The summed E-state index contributed by atoms with van der Waals surface area (Å²) in [7, 11) is 0. The zero-order chi connectivity index (χ0) is 12.9. The fourth-order valence-electron chi connectivity index (χ4n) is 1.61. The highest BCUT2D eigenvalue weighted by Gasteiger charge is 2.26. The molecule has 0 N–H and O–H groups in total. The SMILES string of the molecule is Clc1ccc(Br)c2c1Oc1c(ccc(Br)c1Cl)O2. The van der Waals surface area contributed by atoms with Gasteiger partial charge >= 0.3 is 0 Å². The van der Waals surface area contributed by atoms with Crippen molar-refractivity contribution in [2.45, 2.75) is 0 Å². The molecule has 3 rings (SSSR count). The Labute approximate surface area is 130 Å². The van der Waals surface area contributed by atoms with Gasteiger partial charge in [-0.05, 0) is 56.1 Å². The Bertz CT molecular complexity index is 659. The molecule has 92 valence electrons. The van der Waals surface area contributed by atoms with E-state index in [4.69, 9.17) is 32.7 Å². The number of rotatable bonds is 0. The summed E-state index contributed by atoms with van der Waals surface area (Å²) in [5.41, 5.74) is 0. The van der Waals surface area contributed by atoms with Crippen molar-refractivity contribution in [1.29, 1.82) is 0 Å². The lowest BCUT2D eigenvalue weighted by molar-refractivity contribution is 0.358. The Morgan fingerprint density at radius 2 is 1.50 bits per heavy atom. The molecular formula is C12H4Br2Cl2O2. The largest absolute Gasteiger partial charge is 0.448 e. The maximum Gasteiger partial charge on any atom is 0.189 e. The Morgan fingerprint density at radius 1 is 0.778 bits per heavy atom. The molecule has 0 atom stereocenters. The van der Waals surface area contributed by atoms with Crippen molar-refractivity contribution in [3.63, 3.8) is 0 Å². The van der Waals surface area contributed by atoms with Gasteiger partial charge in [-0.2, -0.15) is 0 Å². The van der Waals surface area contributed by atoms with Gasteiger partial charge in [-0.25, -0.2) is 0 Å². The Balaban J connectivity index is 2.21. The van der Waals surface area contributed by atoms with Crippen LogP contribution in [0.1, 0.15) is 0 Å². The third-order valence-corrected chi connectivity index (χ3v) is 4.63. The molecule has 0 saturated heterocycles. The van der Waals surface area contributed by atoms with Gasteiger partial charge < -0.3 is 9.47 Å². The highest BCUT2D eigenvalue weighted by Crippen LogP contribution is 2.54. The first kappa shape index (κ1) is 12.6. The second kappa shape index (κ2) is 4.60. The van der Waals surface area contributed by atoms with E-state index in [1.54, 1.807) is 24.3 Å². The molecule has 1 aliphatic heterocycles.